The number of rotatable bonds is 8. The average Bonchev–Trinajstić information content (AvgIpc) is 3.19. The van der Waals surface area contributed by atoms with Gasteiger partial charge < -0.3 is 5.32 Å². The van der Waals surface area contributed by atoms with Gasteiger partial charge in [-0.15, -0.1) is 11.3 Å². The Hall–Kier alpha value is -1.73. The van der Waals surface area contributed by atoms with E-state index in [1.165, 1.54) is 35.4 Å². The molecule has 1 aliphatic heterocycles. The van der Waals surface area contributed by atoms with Crippen molar-refractivity contribution in [3.05, 3.63) is 28.0 Å². The number of anilines is 1. The van der Waals surface area contributed by atoms with Crippen LogP contribution in [0.5, 0.6) is 0 Å². The van der Waals surface area contributed by atoms with Crippen molar-refractivity contribution >= 4 is 22.4 Å². The molecule has 0 bridgehead atoms. The minimum absolute atomic E-state index is 0.0214. The number of piperidine rings is 1. The highest BCUT2D eigenvalue weighted by atomic mass is 32.1. The van der Waals surface area contributed by atoms with Crippen molar-refractivity contribution in [3.63, 3.8) is 0 Å². The Labute approximate surface area is 178 Å². The maximum atomic E-state index is 12.4. The van der Waals surface area contributed by atoms with Crippen LogP contribution in [0.2, 0.25) is 0 Å². The third-order valence-corrected chi connectivity index (χ3v) is 6.54. The van der Waals surface area contributed by atoms with Crippen molar-refractivity contribution in [2.75, 3.05) is 18.4 Å². The molecule has 2 aromatic rings. The summed E-state index contributed by atoms with van der Waals surface area (Å²) in [5.41, 5.74) is 4.46. The van der Waals surface area contributed by atoms with Gasteiger partial charge in [0.25, 0.3) is 0 Å². The first-order valence-corrected chi connectivity index (χ1v) is 11.7. The second-order valence-corrected chi connectivity index (χ2v) is 9.73. The number of hydrogen-bond donors (Lipinski definition) is 1. The van der Waals surface area contributed by atoms with Crippen LogP contribution in [0.25, 0.3) is 0 Å². The Balaban J connectivity index is 1.49. The van der Waals surface area contributed by atoms with E-state index in [0.717, 1.165) is 43.5 Å². The van der Waals surface area contributed by atoms with Crippen LogP contribution < -0.4 is 5.32 Å². The van der Waals surface area contributed by atoms with Gasteiger partial charge in [0.15, 0.2) is 5.13 Å². The van der Waals surface area contributed by atoms with Gasteiger partial charge >= 0.3 is 0 Å². The van der Waals surface area contributed by atoms with Crippen LogP contribution in [0.15, 0.2) is 5.38 Å². The lowest BCUT2D eigenvalue weighted by atomic mass is 9.99. The van der Waals surface area contributed by atoms with Crippen molar-refractivity contribution in [2.45, 2.75) is 73.4 Å². The fraction of sp³-hybridized carbons (Fsp3) is 0.682. The summed E-state index contributed by atoms with van der Waals surface area (Å²) in [5.74, 6) is 1.41. The zero-order valence-corrected chi connectivity index (χ0v) is 19.3. The number of nitrogens with zero attached hydrogens (tertiary/aromatic N) is 4. The van der Waals surface area contributed by atoms with Gasteiger partial charge in [-0.1, -0.05) is 20.8 Å². The number of aromatic nitrogens is 3. The first-order valence-electron chi connectivity index (χ1n) is 10.8. The molecule has 0 spiro atoms. The zero-order valence-electron chi connectivity index (χ0n) is 18.5. The Kier molecular flexibility index (Phi) is 7.46. The van der Waals surface area contributed by atoms with Crippen molar-refractivity contribution in [1.29, 1.82) is 0 Å². The molecule has 1 amide bonds. The minimum Gasteiger partial charge on any atom is -0.302 e. The molecule has 0 aromatic carbocycles. The normalized spacial score (nSPS) is 15.9. The SMILES string of the molecule is Cc1nn(CC(C)C)c(C)c1CCC(=O)Nc1nc(CN2CCC(C)CC2)cs1. The highest BCUT2D eigenvalue weighted by molar-refractivity contribution is 7.13. The summed E-state index contributed by atoms with van der Waals surface area (Å²) >= 11 is 1.52. The first-order chi connectivity index (χ1) is 13.8. The number of hydrogen-bond acceptors (Lipinski definition) is 5. The second-order valence-electron chi connectivity index (χ2n) is 8.88. The van der Waals surface area contributed by atoms with Gasteiger partial charge in [-0.2, -0.15) is 5.10 Å². The predicted molar refractivity (Wildman–Crippen MR) is 119 cm³/mol. The van der Waals surface area contributed by atoms with Crippen LogP contribution in [-0.4, -0.2) is 38.7 Å². The molecule has 1 fully saturated rings. The third kappa shape index (κ3) is 6.12. The van der Waals surface area contributed by atoms with E-state index < -0.39 is 0 Å². The molecule has 3 rings (SSSR count). The number of likely N-dealkylation sites (tertiary alicyclic amines) is 1. The Morgan fingerprint density at radius 3 is 2.72 bits per heavy atom. The van der Waals surface area contributed by atoms with E-state index in [-0.39, 0.29) is 5.91 Å². The molecule has 3 heterocycles. The van der Waals surface area contributed by atoms with Crippen LogP contribution >= 0.6 is 11.3 Å². The molecule has 160 valence electrons. The fourth-order valence-corrected chi connectivity index (χ4v) is 4.64. The molecule has 2 aromatic heterocycles. The van der Waals surface area contributed by atoms with Crippen molar-refractivity contribution in [1.82, 2.24) is 19.7 Å². The summed E-state index contributed by atoms with van der Waals surface area (Å²) in [6.07, 6.45) is 3.69. The molecule has 1 N–H and O–H groups in total. The number of carbonyl (C=O) groups excluding carboxylic acids is 1. The Bertz CT molecular complexity index is 817. The first kappa shape index (κ1) is 22.0. The molecule has 0 aliphatic carbocycles. The average molecular weight is 418 g/mol. The maximum Gasteiger partial charge on any atom is 0.226 e. The molecular formula is C22H35N5OS. The topological polar surface area (TPSA) is 63.1 Å². The third-order valence-electron chi connectivity index (χ3n) is 5.73. The summed E-state index contributed by atoms with van der Waals surface area (Å²) in [4.78, 5) is 19.5. The van der Waals surface area contributed by atoms with Crippen LogP contribution in [-0.2, 0) is 24.3 Å². The van der Waals surface area contributed by atoms with Crippen molar-refractivity contribution < 1.29 is 4.79 Å². The van der Waals surface area contributed by atoms with Crippen LogP contribution in [0.4, 0.5) is 5.13 Å². The van der Waals surface area contributed by atoms with Crippen molar-refractivity contribution in [2.24, 2.45) is 11.8 Å². The second kappa shape index (κ2) is 9.85. The van der Waals surface area contributed by atoms with Crippen LogP contribution in [0.3, 0.4) is 0 Å². The fourth-order valence-electron chi connectivity index (χ4n) is 3.93. The summed E-state index contributed by atoms with van der Waals surface area (Å²) in [6.45, 7) is 14.9. The Morgan fingerprint density at radius 2 is 2.03 bits per heavy atom. The van der Waals surface area contributed by atoms with Gasteiger partial charge in [0.1, 0.15) is 0 Å². The monoisotopic (exact) mass is 417 g/mol. The predicted octanol–water partition coefficient (Wildman–Crippen LogP) is 4.42. The van der Waals surface area contributed by atoms with E-state index in [9.17, 15) is 4.79 Å². The van der Waals surface area contributed by atoms with Crippen LogP contribution in [0.1, 0.15) is 62.7 Å². The van der Waals surface area contributed by atoms with E-state index in [4.69, 9.17) is 0 Å². The highest BCUT2D eigenvalue weighted by Crippen LogP contribution is 2.22. The lowest BCUT2D eigenvalue weighted by Gasteiger charge is -2.29. The molecule has 6 nitrogen and oxygen atoms in total. The number of nitrogens with one attached hydrogen (secondary N) is 1. The highest BCUT2D eigenvalue weighted by Gasteiger charge is 2.18. The lowest BCUT2D eigenvalue weighted by molar-refractivity contribution is -0.116. The van der Waals surface area contributed by atoms with Gasteiger partial charge in [-0.25, -0.2) is 4.98 Å². The number of amides is 1. The van der Waals surface area contributed by atoms with E-state index in [1.54, 1.807) is 0 Å². The molecule has 0 unspecified atom stereocenters. The lowest BCUT2D eigenvalue weighted by Crippen LogP contribution is -2.32. The standard InChI is InChI=1S/C22H35N5OS/c1-15(2)12-27-18(5)20(17(4)25-27)6-7-21(28)24-22-23-19(14-29-22)13-26-10-8-16(3)9-11-26/h14-16H,6-13H2,1-5H3,(H,23,24,28). The van der Waals surface area contributed by atoms with Crippen molar-refractivity contribution in [3.8, 4) is 0 Å². The summed E-state index contributed by atoms with van der Waals surface area (Å²) < 4.78 is 2.07. The molecule has 0 radical (unpaired) electrons. The van der Waals surface area contributed by atoms with Gasteiger partial charge in [0, 0.05) is 30.6 Å². The van der Waals surface area contributed by atoms with Crippen LogP contribution in [0, 0.1) is 25.7 Å². The van der Waals surface area contributed by atoms with E-state index in [1.807, 2.05) is 6.92 Å². The van der Waals surface area contributed by atoms with Gasteiger partial charge in [-0.3, -0.25) is 14.4 Å². The summed E-state index contributed by atoms with van der Waals surface area (Å²) in [7, 11) is 0. The smallest absolute Gasteiger partial charge is 0.226 e. The van der Waals surface area contributed by atoms with E-state index in [0.29, 0.717) is 23.9 Å². The molecule has 0 saturated carbocycles. The van der Waals surface area contributed by atoms with Gasteiger partial charge in [0.05, 0.1) is 11.4 Å². The zero-order chi connectivity index (χ0) is 21.0. The number of carbonyl (C=O) groups is 1. The number of thiazole rings is 1. The molecule has 1 saturated heterocycles. The maximum absolute atomic E-state index is 12.4. The summed E-state index contributed by atoms with van der Waals surface area (Å²) in [6, 6.07) is 0. The largest absolute Gasteiger partial charge is 0.302 e. The summed E-state index contributed by atoms with van der Waals surface area (Å²) in [5, 5.41) is 10.4. The quantitative estimate of drug-likeness (QED) is 0.691. The van der Waals surface area contributed by atoms with E-state index in [2.05, 4.69) is 58.1 Å². The Morgan fingerprint density at radius 1 is 1.31 bits per heavy atom. The molecule has 1 aliphatic rings. The molecule has 7 heteroatoms. The van der Waals surface area contributed by atoms with Gasteiger partial charge in [0.2, 0.25) is 5.91 Å². The van der Waals surface area contributed by atoms with Gasteiger partial charge in [-0.05, 0) is 63.6 Å². The molecular weight excluding hydrogens is 382 g/mol. The number of aryl methyl sites for hydroxylation is 1. The molecule has 0 atom stereocenters. The minimum atomic E-state index is 0.0214. The van der Waals surface area contributed by atoms with E-state index >= 15 is 0 Å². The molecule has 29 heavy (non-hydrogen) atoms.